The van der Waals surface area contributed by atoms with Crippen molar-refractivity contribution in [1.29, 1.82) is 0 Å². The fourth-order valence-corrected chi connectivity index (χ4v) is 4.74. The summed E-state index contributed by atoms with van der Waals surface area (Å²) in [5, 5.41) is 0.00320. The molecule has 1 aliphatic heterocycles. The highest BCUT2D eigenvalue weighted by Gasteiger charge is 2.39. The van der Waals surface area contributed by atoms with Crippen LogP contribution in [0.15, 0.2) is 41.8 Å². The van der Waals surface area contributed by atoms with Gasteiger partial charge in [0.15, 0.2) is 16.7 Å². The second-order valence-electron chi connectivity index (χ2n) is 7.41. The third kappa shape index (κ3) is 3.74. The number of anilines is 1. The number of benzene rings is 1. The smallest absolute Gasteiger partial charge is 0.262 e. The minimum Gasteiger partial charge on any atom is -0.497 e. The number of aryl methyl sites for hydroxylation is 2. The van der Waals surface area contributed by atoms with E-state index in [9.17, 15) is 8.42 Å². The highest BCUT2D eigenvalue weighted by atomic mass is 32.2. The third-order valence-corrected chi connectivity index (χ3v) is 7.32. The zero-order chi connectivity index (χ0) is 22.3. The Morgan fingerprint density at radius 2 is 1.87 bits per heavy atom. The number of likely N-dealkylation sites (N-methyl/N-ethyl adjacent to an activating group) is 1. The van der Waals surface area contributed by atoms with Gasteiger partial charge in [-0.1, -0.05) is 0 Å². The van der Waals surface area contributed by atoms with Crippen LogP contribution in [0.1, 0.15) is 5.82 Å². The monoisotopic (exact) mass is 446 g/mol. The first-order chi connectivity index (χ1) is 14.7. The molecule has 0 aliphatic carbocycles. The van der Waals surface area contributed by atoms with E-state index in [0.29, 0.717) is 30.2 Å². The maximum atomic E-state index is 15.1. The van der Waals surface area contributed by atoms with Crippen LogP contribution in [0.3, 0.4) is 0 Å². The number of aromatic nitrogens is 4. The summed E-state index contributed by atoms with van der Waals surface area (Å²) in [5.41, 5.74) is 0.783. The van der Waals surface area contributed by atoms with E-state index in [0.717, 1.165) is 0 Å². The van der Waals surface area contributed by atoms with E-state index in [4.69, 9.17) is 4.74 Å². The van der Waals surface area contributed by atoms with Crippen molar-refractivity contribution in [2.24, 2.45) is 7.05 Å². The quantitative estimate of drug-likeness (QED) is 0.570. The van der Waals surface area contributed by atoms with Crippen LogP contribution >= 0.6 is 0 Å². The number of halogens is 1. The van der Waals surface area contributed by atoms with Crippen molar-refractivity contribution in [2.45, 2.75) is 18.0 Å². The van der Waals surface area contributed by atoms with Crippen molar-refractivity contribution in [1.82, 2.24) is 23.8 Å². The summed E-state index contributed by atoms with van der Waals surface area (Å²) < 4.78 is 48.9. The Balaban J connectivity index is 1.51. The highest BCUT2D eigenvalue weighted by molar-refractivity contribution is 7.89. The van der Waals surface area contributed by atoms with Gasteiger partial charge >= 0.3 is 0 Å². The molecule has 164 valence electrons. The number of imidazole rings is 1. The lowest BCUT2D eigenvalue weighted by molar-refractivity contribution is 0.306. The van der Waals surface area contributed by atoms with E-state index < -0.39 is 15.8 Å². The molecular formula is C20H23FN6O3S. The fraction of sp³-hybridized carbons (Fsp3) is 0.350. The van der Waals surface area contributed by atoms with E-state index in [-0.39, 0.29) is 22.6 Å². The second-order valence-corrected chi connectivity index (χ2v) is 9.35. The summed E-state index contributed by atoms with van der Waals surface area (Å²) in [6.45, 7) is 2.37. The summed E-state index contributed by atoms with van der Waals surface area (Å²) in [7, 11) is 1.08. The van der Waals surface area contributed by atoms with Crippen LogP contribution in [0.5, 0.6) is 5.75 Å². The number of hydrogen-bond acceptors (Lipinski definition) is 7. The van der Waals surface area contributed by atoms with Crippen LogP contribution in [0, 0.1) is 12.7 Å². The molecule has 0 atom stereocenters. The SMILES string of the molecule is COc1ccc(-c2ncnc(N3CC(N(C)S(=O)(=O)c4cn(C)c(C)n4)C3)c2F)cc1. The van der Waals surface area contributed by atoms with Crippen molar-refractivity contribution in [3.8, 4) is 17.0 Å². The average Bonchev–Trinajstić information content (AvgIpc) is 3.07. The Morgan fingerprint density at radius 1 is 1.19 bits per heavy atom. The second kappa shape index (κ2) is 7.89. The molecule has 9 nitrogen and oxygen atoms in total. The average molecular weight is 447 g/mol. The Hall–Kier alpha value is -3.05. The van der Waals surface area contributed by atoms with Gasteiger partial charge in [-0.25, -0.2) is 27.8 Å². The van der Waals surface area contributed by atoms with E-state index >= 15 is 4.39 Å². The van der Waals surface area contributed by atoms with E-state index in [2.05, 4.69) is 15.0 Å². The largest absolute Gasteiger partial charge is 0.497 e. The van der Waals surface area contributed by atoms with Gasteiger partial charge < -0.3 is 14.2 Å². The van der Waals surface area contributed by atoms with Crippen molar-refractivity contribution in [3.05, 3.63) is 48.4 Å². The molecule has 4 rings (SSSR count). The van der Waals surface area contributed by atoms with Gasteiger partial charge in [0, 0.05) is 38.9 Å². The van der Waals surface area contributed by atoms with Gasteiger partial charge in [0.2, 0.25) is 0 Å². The number of methoxy groups -OCH3 is 1. The van der Waals surface area contributed by atoms with Gasteiger partial charge in [-0.3, -0.25) is 0 Å². The van der Waals surface area contributed by atoms with Gasteiger partial charge in [-0.2, -0.15) is 4.31 Å². The predicted molar refractivity (Wildman–Crippen MR) is 113 cm³/mol. The van der Waals surface area contributed by atoms with Gasteiger partial charge in [-0.15, -0.1) is 0 Å². The minimum atomic E-state index is -3.74. The number of sulfonamides is 1. The van der Waals surface area contributed by atoms with Crippen molar-refractivity contribution in [2.75, 3.05) is 32.1 Å². The number of rotatable bonds is 6. The maximum Gasteiger partial charge on any atom is 0.262 e. The van der Waals surface area contributed by atoms with Gasteiger partial charge in [0.25, 0.3) is 10.0 Å². The zero-order valence-electron chi connectivity index (χ0n) is 17.6. The summed E-state index contributed by atoms with van der Waals surface area (Å²) in [6.07, 6.45) is 2.80. The molecule has 0 amide bonds. The molecule has 1 fully saturated rings. The Bertz CT molecular complexity index is 1190. The topological polar surface area (TPSA) is 93.5 Å². The van der Waals surface area contributed by atoms with Gasteiger partial charge in [0.1, 0.15) is 23.6 Å². The molecule has 0 N–H and O–H groups in total. The first-order valence-electron chi connectivity index (χ1n) is 9.60. The van der Waals surface area contributed by atoms with Crippen molar-refractivity contribution < 1.29 is 17.5 Å². The minimum absolute atomic E-state index is 0.00320. The third-order valence-electron chi connectivity index (χ3n) is 5.54. The number of hydrogen-bond donors (Lipinski definition) is 0. The molecule has 0 unspecified atom stereocenters. The molecule has 2 aromatic heterocycles. The van der Waals surface area contributed by atoms with E-state index in [1.807, 2.05) is 0 Å². The van der Waals surface area contributed by atoms with Crippen LogP contribution < -0.4 is 9.64 Å². The summed E-state index contributed by atoms with van der Waals surface area (Å²) in [4.78, 5) is 14.0. The molecule has 11 heteroatoms. The van der Waals surface area contributed by atoms with Crippen molar-refractivity contribution >= 4 is 15.8 Å². The van der Waals surface area contributed by atoms with Crippen LogP contribution in [0.4, 0.5) is 10.2 Å². The van der Waals surface area contributed by atoms with Crippen LogP contribution in [-0.4, -0.2) is 65.5 Å². The fourth-order valence-electron chi connectivity index (χ4n) is 3.38. The first-order valence-corrected chi connectivity index (χ1v) is 11.0. The highest BCUT2D eigenvalue weighted by Crippen LogP contribution is 2.31. The lowest BCUT2D eigenvalue weighted by Crippen LogP contribution is -2.60. The van der Waals surface area contributed by atoms with Crippen LogP contribution in [0.25, 0.3) is 11.3 Å². The molecule has 3 aromatic rings. The summed E-state index contributed by atoms with van der Waals surface area (Å²) in [5.74, 6) is 0.876. The van der Waals surface area contributed by atoms with Crippen molar-refractivity contribution in [3.63, 3.8) is 0 Å². The zero-order valence-corrected chi connectivity index (χ0v) is 18.5. The lowest BCUT2D eigenvalue weighted by Gasteiger charge is -2.43. The number of ether oxygens (including phenoxy) is 1. The molecule has 0 radical (unpaired) electrons. The van der Waals surface area contributed by atoms with Crippen LogP contribution in [-0.2, 0) is 17.1 Å². The van der Waals surface area contributed by atoms with Crippen LogP contribution in [0.2, 0.25) is 0 Å². The Labute approximate surface area is 180 Å². The molecule has 1 aliphatic rings. The molecule has 1 saturated heterocycles. The molecular weight excluding hydrogens is 423 g/mol. The Kier molecular flexibility index (Phi) is 5.40. The number of nitrogens with zero attached hydrogens (tertiary/aromatic N) is 6. The van der Waals surface area contributed by atoms with Gasteiger partial charge in [0.05, 0.1) is 13.2 Å². The molecule has 0 bridgehead atoms. The summed E-state index contributed by atoms with van der Waals surface area (Å²) in [6, 6.07) is 6.60. The molecule has 1 aromatic carbocycles. The molecule has 3 heterocycles. The van der Waals surface area contributed by atoms with Gasteiger partial charge in [-0.05, 0) is 31.2 Å². The maximum absolute atomic E-state index is 15.1. The molecule has 31 heavy (non-hydrogen) atoms. The molecule has 0 saturated carbocycles. The van der Waals surface area contributed by atoms with E-state index in [1.165, 1.54) is 23.9 Å². The standard InChI is InChI=1S/C20H23FN6O3S/c1-13-24-17(11-25(13)2)31(28,29)26(3)15-9-27(10-15)20-18(21)19(22-12-23-20)14-5-7-16(30-4)8-6-14/h5-8,11-12,15H,9-10H2,1-4H3. The predicted octanol–water partition coefficient (Wildman–Crippen LogP) is 1.84. The first kappa shape index (κ1) is 21.2. The summed E-state index contributed by atoms with van der Waals surface area (Å²) >= 11 is 0. The normalized spacial score (nSPS) is 14.7. The molecule has 0 spiro atoms. The Morgan fingerprint density at radius 3 is 2.45 bits per heavy atom. The van der Waals surface area contributed by atoms with E-state index in [1.54, 1.807) is 54.8 Å². The lowest BCUT2D eigenvalue weighted by atomic mass is 10.1.